The summed E-state index contributed by atoms with van der Waals surface area (Å²) in [6, 6.07) is 18.3. The Kier molecular flexibility index (Phi) is 6.08. The molecule has 1 amide bonds. The lowest BCUT2D eigenvalue weighted by atomic mass is 10.2. The number of ether oxygens (including phenoxy) is 1. The third-order valence-electron chi connectivity index (χ3n) is 3.65. The van der Waals surface area contributed by atoms with E-state index in [0.29, 0.717) is 5.52 Å². The van der Waals surface area contributed by atoms with Crippen molar-refractivity contribution in [2.75, 3.05) is 6.54 Å². The summed E-state index contributed by atoms with van der Waals surface area (Å²) >= 11 is 4.28. The minimum atomic E-state index is -0.639. The van der Waals surface area contributed by atoms with E-state index in [2.05, 4.69) is 34.8 Å². The molecule has 1 heterocycles. The lowest BCUT2D eigenvalue weighted by molar-refractivity contribution is -0.137. The standard InChI is InChI=1S/C21H16N2O3S/c24-20(26-14-15-5-2-1-3-6-15)7-4-12-22-21(25)19-10-8-16-13-17(27)9-11-18(16)23-19/h1-3,5-6,8-11,13,27H,12,14H2,(H,22,25). The van der Waals surface area contributed by atoms with Gasteiger partial charge in [0.05, 0.1) is 12.1 Å². The molecule has 0 spiro atoms. The molecule has 6 heteroatoms. The van der Waals surface area contributed by atoms with Crippen LogP contribution in [0.4, 0.5) is 0 Å². The molecule has 0 bridgehead atoms. The first-order valence-corrected chi connectivity index (χ1v) is 8.64. The predicted octanol–water partition coefficient (Wildman–Crippen LogP) is 3.00. The first-order chi connectivity index (χ1) is 13.1. The molecule has 1 N–H and O–H groups in total. The van der Waals surface area contributed by atoms with Crippen LogP contribution in [-0.2, 0) is 16.1 Å². The highest BCUT2D eigenvalue weighted by Gasteiger charge is 2.07. The molecule has 1 aromatic heterocycles. The summed E-state index contributed by atoms with van der Waals surface area (Å²) < 4.78 is 5.03. The quantitative estimate of drug-likeness (QED) is 0.318. The van der Waals surface area contributed by atoms with Gasteiger partial charge in [-0.05, 0) is 29.8 Å². The molecule has 0 radical (unpaired) electrons. The zero-order chi connectivity index (χ0) is 19.1. The minimum absolute atomic E-state index is 0.0224. The number of amides is 1. The van der Waals surface area contributed by atoms with Crippen LogP contribution in [0.1, 0.15) is 16.1 Å². The SMILES string of the molecule is O=C(C#CCNC(=O)c1ccc2cc(S)ccc2n1)OCc1ccccc1. The van der Waals surface area contributed by atoms with E-state index in [1.807, 2.05) is 48.5 Å². The number of fused-ring (bicyclic) bond motifs is 1. The number of carbonyl (C=O) groups is 2. The monoisotopic (exact) mass is 376 g/mol. The topological polar surface area (TPSA) is 68.3 Å². The largest absolute Gasteiger partial charge is 0.451 e. The Labute approximate surface area is 162 Å². The third-order valence-corrected chi connectivity index (χ3v) is 3.92. The van der Waals surface area contributed by atoms with Crippen LogP contribution in [0, 0.1) is 11.8 Å². The Bertz CT molecular complexity index is 1040. The van der Waals surface area contributed by atoms with Gasteiger partial charge < -0.3 is 10.1 Å². The number of pyridine rings is 1. The molecule has 5 nitrogen and oxygen atoms in total. The minimum Gasteiger partial charge on any atom is -0.451 e. The second kappa shape index (κ2) is 8.88. The highest BCUT2D eigenvalue weighted by molar-refractivity contribution is 7.80. The van der Waals surface area contributed by atoms with Gasteiger partial charge in [0.1, 0.15) is 12.3 Å². The predicted molar refractivity (Wildman–Crippen MR) is 105 cm³/mol. The van der Waals surface area contributed by atoms with Crippen LogP contribution in [-0.4, -0.2) is 23.4 Å². The van der Waals surface area contributed by atoms with E-state index >= 15 is 0 Å². The molecule has 0 saturated carbocycles. The summed E-state index contributed by atoms with van der Waals surface area (Å²) in [5.74, 6) is 3.91. The summed E-state index contributed by atoms with van der Waals surface area (Å²) in [7, 11) is 0. The first kappa shape index (κ1) is 18.5. The maximum absolute atomic E-state index is 12.1. The van der Waals surface area contributed by atoms with Gasteiger partial charge >= 0.3 is 5.97 Å². The summed E-state index contributed by atoms with van der Waals surface area (Å²) in [5.41, 5.74) is 1.87. The average molecular weight is 376 g/mol. The van der Waals surface area contributed by atoms with E-state index in [-0.39, 0.29) is 24.8 Å². The van der Waals surface area contributed by atoms with Gasteiger partial charge in [0.25, 0.3) is 5.91 Å². The average Bonchev–Trinajstić information content (AvgIpc) is 2.70. The molecular weight excluding hydrogens is 360 g/mol. The molecule has 0 saturated heterocycles. The maximum atomic E-state index is 12.1. The molecule has 27 heavy (non-hydrogen) atoms. The maximum Gasteiger partial charge on any atom is 0.384 e. The third kappa shape index (κ3) is 5.33. The smallest absolute Gasteiger partial charge is 0.384 e. The fourth-order valence-corrected chi connectivity index (χ4v) is 2.54. The lowest BCUT2D eigenvalue weighted by Gasteiger charge is -2.03. The number of nitrogens with one attached hydrogen (secondary N) is 1. The van der Waals surface area contributed by atoms with Crippen molar-refractivity contribution in [2.24, 2.45) is 0 Å². The molecule has 0 atom stereocenters. The van der Waals surface area contributed by atoms with Crippen molar-refractivity contribution in [3.8, 4) is 11.8 Å². The number of thiol groups is 1. The molecule has 3 aromatic rings. The number of esters is 1. The fourth-order valence-electron chi connectivity index (χ4n) is 2.33. The van der Waals surface area contributed by atoms with Crippen LogP contribution >= 0.6 is 12.6 Å². The number of hydrogen-bond donors (Lipinski definition) is 2. The number of rotatable bonds is 4. The summed E-state index contributed by atoms with van der Waals surface area (Å²) in [5, 5.41) is 3.51. The van der Waals surface area contributed by atoms with E-state index in [9.17, 15) is 9.59 Å². The van der Waals surface area contributed by atoms with E-state index in [0.717, 1.165) is 15.8 Å². The van der Waals surface area contributed by atoms with E-state index in [1.54, 1.807) is 12.1 Å². The molecule has 3 rings (SSSR count). The molecule has 0 aliphatic rings. The van der Waals surface area contributed by atoms with E-state index < -0.39 is 5.97 Å². The number of aromatic nitrogens is 1. The number of hydrogen-bond acceptors (Lipinski definition) is 5. The zero-order valence-corrected chi connectivity index (χ0v) is 15.2. The fraction of sp³-hybridized carbons (Fsp3) is 0.0952. The molecular formula is C21H16N2O3S. The van der Waals surface area contributed by atoms with Crippen molar-refractivity contribution in [3.63, 3.8) is 0 Å². The van der Waals surface area contributed by atoms with Crippen molar-refractivity contribution < 1.29 is 14.3 Å². The van der Waals surface area contributed by atoms with Gasteiger partial charge in [-0.1, -0.05) is 42.3 Å². The van der Waals surface area contributed by atoms with Crippen LogP contribution in [0.15, 0.2) is 65.6 Å². The number of carbonyl (C=O) groups excluding carboxylic acids is 2. The summed E-state index contributed by atoms with van der Waals surface area (Å²) in [4.78, 5) is 28.9. The molecule has 2 aromatic carbocycles. The van der Waals surface area contributed by atoms with Crippen molar-refractivity contribution in [1.29, 1.82) is 0 Å². The number of nitrogens with zero attached hydrogens (tertiary/aromatic N) is 1. The van der Waals surface area contributed by atoms with Gasteiger partial charge in [-0.15, -0.1) is 12.6 Å². The lowest BCUT2D eigenvalue weighted by Crippen LogP contribution is -2.24. The summed E-state index contributed by atoms with van der Waals surface area (Å²) in [6.45, 7) is 0.185. The van der Waals surface area contributed by atoms with Crippen LogP contribution in [0.2, 0.25) is 0 Å². The molecule has 0 unspecified atom stereocenters. The van der Waals surface area contributed by atoms with Crippen LogP contribution < -0.4 is 5.32 Å². The van der Waals surface area contributed by atoms with Crippen LogP contribution in [0.5, 0.6) is 0 Å². The van der Waals surface area contributed by atoms with Crippen LogP contribution in [0.3, 0.4) is 0 Å². The van der Waals surface area contributed by atoms with Gasteiger partial charge in [-0.25, -0.2) is 9.78 Å². The van der Waals surface area contributed by atoms with Gasteiger partial charge in [0.2, 0.25) is 0 Å². The van der Waals surface area contributed by atoms with Crippen molar-refractivity contribution in [3.05, 3.63) is 71.9 Å². The first-order valence-electron chi connectivity index (χ1n) is 8.19. The van der Waals surface area contributed by atoms with Crippen molar-refractivity contribution in [1.82, 2.24) is 10.3 Å². The van der Waals surface area contributed by atoms with Crippen molar-refractivity contribution >= 4 is 35.4 Å². The van der Waals surface area contributed by atoms with Crippen LogP contribution in [0.25, 0.3) is 10.9 Å². The number of benzene rings is 2. The Morgan fingerprint density at radius 3 is 2.70 bits per heavy atom. The second-order valence-electron chi connectivity index (χ2n) is 5.62. The Balaban J connectivity index is 1.50. The van der Waals surface area contributed by atoms with E-state index in [1.165, 1.54) is 0 Å². The zero-order valence-electron chi connectivity index (χ0n) is 14.3. The molecule has 0 aliphatic carbocycles. The van der Waals surface area contributed by atoms with Crippen molar-refractivity contribution in [2.45, 2.75) is 11.5 Å². The van der Waals surface area contributed by atoms with Gasteiger partial charge in [-0.2, -0.15) is 0 Å². The Morgan fingerprint density at radius 2 is 1.89 bits per heavy atom. The normalized spacial score (nSPS) is 9.96. The Morgan fingerprint density at radius 1 is 1.07 bits per heavy atom. The highest BCUT2D eigenvalue weighted by atomic mass is 32.1. The van der Waals surface area contributed by atoms with E-state index in [4.69, 9.17) is 4.74 Å². The molecule has 134 valence electrons. The highest BCUT2D eigenvalue weighted by Crippen LogP contribution is 2.16. The Hall–Kier alpha value is -3.30. The molecule has 0 fully saturated rings. The molecule has 0 aliphatic heterocycles. The van der Waals surface area contributed by atoms with Gasteiger partial charge in [0, 0.05) is 16.2 Å². The van der Waals surface area contributed by atoms with Gasteiger partial charge in [0.15, 0.2) is 0 Å². The summed E-state index contributed by atoms with van der Waals surface area (Å²) in [6.07, 6.45) is 0. The van der Waals surface area contributed by atoms with Gasteiger partial charge in [-0.3, -0.25) is 4.79 Å². The second-order valence-corrected chi connectivity index (χ2v) is 6.14.